The molecule has 1 aromatic heterocycles. The van der Waals surface area contributed by atoms with Crippen LogP contribution in [0.15, 0.2) is 48.5 Å². The van der Waals surface area contributed by atoms with Gasteiger partial charge in [-0.25, -0.2) is 0 Å². The number of carbonyl (C=O) groups is 2. The zero-order valence-corrected chi connectivity index (χ0v) is 16.1. The smallest absolute Gasteiger partial charge is 0.308 e. The first-order valence-corrected chi connectivity index (χ1v) is 9.16. The van der Waals surface area contributed by atoms with Crippen molar-refractivity contribution >= 4 is 34.0 Å². The van der Waals surface area contributed by atoms with Crippen LogP contribution in [0.25, 0.3) is 10.9 Å². The van der Waals surface area contributed by atoms with E-state index in [0.29, 0.717) is 11.3 Å². The van der Waals surface area contributed by atoms with Gasteiger partial charge in [-0.1, -0.05) is 30.3 Å². The number of carbonyl (C=O) groups excluding carboxylic acids is 2. The molecule has 0 fully saturated rings. The number of ketones is 1. The lowest BCUT2D eigenvalue weighted by Gasteiger charge is -2.13. The summed E-state index contributed by atoms with van der Waals surface area (Å²) in [6.07, 6.45) is -0.970. The number of benzene rings is 2. The van der Waals surface area contributed by atoms with E-state index in [0.717, 1.165) is 16.6 Å². The molecule has 3 rings (SSSR count). The molecule has 29 heavy (non-hydrogen) atoms. The lowest BCUT2D eigenvalue weighted by Crippen LogP contribution is -2.25. The third-order valence-electron chi connectivity index (χ3n) is 4.56. The molecule has 1 atom stereocenters. The first-order chi connectivity index (χ1) is 13.9. The number of rotatable bonds is 8. The fourth-order valence-electron chi connectivity index (χ4n) is 3.19. The molecular formula is C21H21N3O5. The molecule has 3 aromatic rings. The third kappa shape index (κ3) is 4.43. The van der Waals surface area contributed by atoms with E-state index in [2.05, 4.69) is 10.3 Å². The number of para-hydroxylation sites is 3. The van der Waals surface area contributed by atoms with Gasteiger partial charge < -0.3 is 15.0 Å². The summed E-state index contributed by atoms with van der Waals surface area (Å²) in [4.78, 5) is 38.6. The van der Waals surface area contributed by atoms with Crippen LogP contribution in [0.2, 0.25) is 0 Å². The predicted octanol–water partition coefficient (Wildman–Crippen LogP) is 4.00. The summed E-state index contributed by atoms with van der Waals surface area (Å²) in [6, 6.07) is 13.6. The van der Waals surface area contributed by atoms with Gasteiger partial charge in [-0.3, -0.25) is 19.7 Å². The van der Waals surface area contributed by atoms with Crippen LogP contribution in [-0.2, 0) is 9.53 Å². The van der Waals surface area contributed by atoms with E-state index in [1.807, 2.05) is 24.3 Å². The number of aromatic amines is 1. The second kappa shape index (κ2) is 8.55. The van der Waals surface area contributed by atoms with Crippen LogP contribution in [-0.4, -0.2) is 34.3 Å². The number of nitro benzene ring substituents is 1. The summed E-state index contributed by atoms with van der Waals surface area (Å²) in [5.41, 5.74) is 2.33. The number of nitrogens with zero attached hydrogens (tertiary/aromatic N) is 1. The molecule has 0 bridgehead atoms. The SMILES string of the molecule is Cc1[nH]c2ccccc2c1C(=O)C(C)OC(=O)CCNc1ccccc1[N+](=O)[O-]. The summed E-state index contributed by atoms with van der Waals surface area (Å²) in [7, 11) is 0. The Bertz CT molecular complexity index is 1070. The second-order valence-corrected chi connectivity index (χ2v) is 6.62. The molecule has 8 nitrogen and oxygen atoms in total. The number of esters is 1. The number of fused-ring (bicyclic) bond motifs is 1. The van der Waals surface area contributed by atoms with Crippen molar-refractivity contribution < 1.29 is 19.2 Å². The van der Waals surface area contributed by atoms with E-state index in [9.17, 15) is 19.7 Å². The summed E-state index contributed by atoms with van der Waals surface area (Å²) in [6.45, 7) is 3.49. The van der Waals surface area contributed by atoms with E-state index in [1.165, 1.54) is 13.0 Å². The lowest BCUT2D eigenvalue weighted by molar-refractivity contribution is -0.384. The standard InChI is InChI=1S/C21H21N3O5/c1-13-20(15-7-3-4-8-16(15)23-13)21(26)14(2)29-19(25)11-12-22-17-9-5-6-10-18(17)24(27)28/h3-10,14,22-23H,11-12H2,1-2H3. The van der Waals surface area contributed by atoms with Crippen molar-refractivity contribution in [2.75, 3.05) is 11.9 Å². The number of nitro groups is 1. The molecule has 2 N–H and O–H groups in total. The van der Waals surface area contributed by atoms with E-state index < -0.39 is 17.0 Å². The predicted molar refractivity (Wildman–Crippen MR) is 109 cm³/mol. The van der Waals surface area contributed by atoms with Gasteiger partial charge in [0.2, 0.25) is 5.78 Å². The molecule has 150 valence electrons. The van der Waals surface area contributed by atoms with E-state index in [-0.39, 0.29) is 24.4 Å². The van der Waals surface area contributed by atoms with Crippen LogP contribution in [0.3, 0.4) is 0 Å². The Kier molecular flexibility index (Phi) is 5.92. The largest absolute Gasteiger partial charge is 0.454 e. The topological polar surface area (TPSA) is 114 Å². The van der Waals surface area contributed by atoms with Crippen molar-refractivity contribution in [3.63, 3.8) is 0 Å². The number of ether oxygens (including phenoxy) is 1. The molecule has 0 saturated heterocycles. The van der Waals surface area contributed by atoms with Crippen molar-refractivity contribution in [3.8, 4) is 0 Å². The second-order valence-electron chi connectivity index (χ2n) is 6.62. The third-order valence-corrected chi connectivity index (χ3v) is 4.56. The van der Waals surface area contributed by atoms with Gasteiger partial charge in [0, 0.05) is 34.8 Å². The maximum atomic E-state index is 12.8. The van der Waals surface area contributed by atoms with Crippen LogP contribution in [0, 0.1) is 17.0 Å². The number of aromatic nitrogens is 1. The number of anilines is 1. The Morgan fingerprint density at radius 3 is 2.62 bits per heavy atom. The Hall–Kier alpha value is -3.68. The normalized spacial score (nSPS) is 11.8. The minimum atomic E-state index is -0.938. The van der Waals surface area contributed by atoms with Gasteiger partial charge in [-0.15, -0.1) is 0 Å². The average Bonchev–Trinajstić information content (AvgIpc) is 3.03. The molecule has 0 aliphatic rings. The minimum Gasteiger partial charge on any atom is -0.454 e. The zero-order valence-electron chi connectivity index (χ0n) is 16.1. The molecule has 0 amide bonds. The summed E-state index contributed by atoms with van der Waals surface area (Å²) in [5, 5.41) is 14.7. The summed E-state index contributed by atoms with van der Waals surface area (Å²) < 4.78 is 5.28. The van der Waals surface area contributed by atoms with E-state index >= 15 is 0 Å². The molecule has 0 spiro atoms. The van der Waals surface area contributed by atoms with Gasteiger partial charge in [0.15, 0.2) is 6.10 Å². The number of hydrogen-bond acceptors (Lipinski definition) is 6. The number of H-pyrrole nitrogens is 1. The quantitative estimate of drug-likeness (QED) is 0.258. The van der Waals surface area contributed by atoms with Crippen molar-refractivity contribution in [1.82, 2.24) is 4.98 Å². The Balaban J connectivity index is 1.59. The zero-order chi connectivity index (χ0) is 21.0. The Morgan fingerprint density at radius 1 is 1.17 bits per heavy atom. The number of nitrogens with one attached hydrogen (secondary N) is 2. The van der Waals surface area contributed by atoms with Gasteiger partial charge in [0.05, 0.1) is 11.3 Å². The average molecular weight is 395 g/mol. The number of aryl methyl sites for hydroxylation is 1. The monoisotopic (exact) mass is 395 g/mol. The van der Waals surface area contributed by atoms with Crippen molar-refractivity contribution in [1.29, 1.82) is 0 Å². The molecule has 1 heterocycles. The van der Waals surface area contributed by atoms with Crippen LogP contribution >= 0.6 is 0 Å². The molecule has 8 heteroatoms. The van der Waals surface area contributed by atoms with E-state index in [1.54, 1.807) is 25.1 Å². The van der Waals surface area contributed by atoms with Crippen LogP contribution in [0.1, 0.15) is 29.4 Å². The molecule has 0 radical (unpaired) electrons. The van der Waals surface area contributed by atoms with Gasteiger partial charge in [0.1, 0.15) is 5.69 Å². The van der Waals surface area contributed by atoms with Crippen molar-refractivity contribution in [3.05, 3.63) is 69.9 Å². The lowest BCUT2D eigenvalue weighted by atomic mass is 10.0. The Labute approximate surface area is 167 Å². The highest BCUT2D eigenvalue weighted by molar-refractivity contribution is 6.11. The van der Waals surface area contributed by atoms with Gasteiger partial charge in [0.25, 0.3) is 5.69 Å². The van der Waals surface area contributed by atoms with Crippen LogP contribution in [0.4, 0.5) is 11.4 Å². The van der Waals surface area contributed by atoms with Gasteiger partial charge >= 0.3 is 5.97 Å². The highest BCUT2D eigenvalue weighted by atomic mass is 16.6. The fraction of sp³-hybridized carbons (Fsp3) is 0.238. The minimum absolute atomic E-state index is 0.0312. The number of hydrogen-bond donors (Lipinski definition) is 2. The van der Waals surface area contributed by atoms with Crippen molar-refractivity contribution in [2.45, 2.75) is 26.4 Å². The maximum Gasteiger partial charge on any atom is 0.308 e. The highest BCUT2D eigenvalue weighted by Crippen LogP contribution is 2.24. The van der Waals surface area contributed by atoms with Crippen LogP contribution < -0.4 is 5.32 Å². The highest BCUT2D eigenvalue weighted by Gasteiger charge is 2.24. The first-order valence-electron chi connectivity index (χ1n) is 9.16. The van der Waals surface area contributed by atoms with Gasteiger partial charge in [-0.2, -0.15) is 0 Å². The fourth-order valence-corrected chi connectivity index (χ4v) is 3.19. The van der Waals surface area contributed by atoms with Gasteiger partial charge in [-0.05, 0) is 26.0 Å². The molecule has 1 unspecified atom stereocenters. The summed E-state index contributed by atoms with van der Waals surface area (Å²) >= 11 is 0. The van der Waals surface area contributed by atoms with Crippen LogP contribution in [0.5, 0.6) is 0 Å². The first kappa shape index (κ1) is 20.1. The molecular weight excluding hydrogens is 374 g/mol. The molecule has 0 aliphatic heterocycles. The van der Waals surface area contributed by atoms with Crippen molar-refractivity contribution in [2.24, 2.45) is 0 Å². The van der Waals surface area contributed by atoms with E-state index in [4.69, 9.17) is 4.74 Å². The Morgan fingerprint density at radius 2 is 1.86 bits per heavy atom. The maximum absolute atomic E-state index is 12.8. The number of Topliss-reactive ketones (excluding diaryl/α,β-unsaturated/α-hetero) is 1. The summed E-state index contributed by atoms with van der Waals surface area (Å²) in [5.74, 6) is -0.839. The molecule has 2 aromatic carbocycles. The molecule has 0 saturated carbocycles. The molecule has 0 aliphatic carbocycles.